The Morgan fingerprint density at radius 2 is 1.85 bits per heavy atom. The molecule has 1 saturated carbocycles. The van der Waals surface area contributed by atoms with Gasteiger partial charge >= 0.3 is 0 Å². The van der Waals surface area contributed by atoms with Crippen LogP contribution >= 0.6 is 0 Å². The fourth-order valence-electron chi connectivity index (χ4n) is 2.83. The van der Waals surface area contributed by atoms with Crippen molar-refractivity contribution in [1.82, 2.24) is 15.1 Å². The van der Waals surface area contributed by atoms with Gasteiger partial charge in [-0.05, 0) is 45.1 Å². The molecule has 1 N–H and O–H groups in total. The fourth-order valence-corrected chi connectivity index (χ4v) is 2.83. The van der Waals surface area contributed by atoms with E-state index in [2.05, 4.69) is 28.1 Å². The number of nitrogens with one attached hydrogen (secondary N) is 1. The minimum Gasteiger partial charge on any atom is -0.301 e. The first-order valence-corrected chi connectivity index (χ1v) is 8.26. The van der Waals surface area contributed by atoms with E-state index in [4.69, 9.17) is 0 Å². The number of rotatable bonds is 8. The Kier molecular flexibility index (Phi) is 5.83. The first-order chi connectivity index (χ1) is 9.65. The molecule has 0 spiro atoms. The molecule has 114 valence electrons. The van der Waals surface area contributed by atoms with Gasteiger partial charge in [0.05, 0.1) is 6.07 Å². The molecule has 0 aromatic carbocycles. The highest BCUT2D eigenvalue weighted by molar-refractivity contribution is 5.04. The van der Waals surface area contributed by atoms with Crippen molar-refractivity contribution < 1.29 is 0 Å². The van der Waals surface area contributed by atoms with E-state index in [-0.39, 0.29) is 5.54 Å². The summed E-state index contributed by atoms with van der Waals surface area (Å²) in [5, 5.41) is 12.7. The first kappa shape index (κ1) is 15.8. The number of nitrogens with zero attached hydrogens (tertiary/aromatic N) is 3. The molecule has 4 heteroatoms. The minimum atomic E-state index is -0.360. The van der Waals surface area contributed by atoms with Gasteiger partial charge in [-0.15, -0.1) is 0 Å². The molecule has 1 unspecified atom stereocenters. The van der Waals surface area contributed by atoms with E-state index in [9.17, 15) is 5.26 Å². The van der Waals surface area contributed by atoms with Gasteiger partial charge in [0.2, 0.25) is 0 Å². The predicted octanol–water partition coefficient (Wildman–Crippen LogP) is 1.69. The quantitative estimate of drug-likeness (QED) is 0.733. The maximum Gasteiger partial charge on any atom is 0.105 e. The van der Waals surface area contributed by atoms with Crippen molar-refractivity contribution >= 4 is 0 Å². The third kappa shape index (κ3) is 5.05. The highest BCUT2D eigenvalue weighted by Gasteiger charge is 2.28. The molecule has 1 atom stereocenters. The maximum atomic E-state index is 9.35. The molecule has 2 rings (SSSR count). The van der Waals surface area contributed by atoms with Gasteiger partial charge in [0.15, 0.2) is 0 Å². The van der Waals surface area contributed by atoms with Gasteiger partial charge in [-0.1, -0.05) is 6.92 Å². The molecule has 20 heavy (non-hydrogen) atoms. The average molecular weight is 278 g/mol. The molecule has 0 radical (unpaired) electrons. The van der Waals surface area contributed by atoms with Gasteiger partial charge in [-0.25, -0.2) is 0 Å². The molecular formula is C16H30N4. The van der Waals surface area contributed by atoms with E-state index in [1.54, 1.807) is 0 Å². The van der Waals surface area contributed by atoms with Crippen molar-refractivity contribution in [1.29, 1.82) is 5.26 Å². The summed E-state index contributed by atoms with van der Waals surface area (Å²) in [4.78, 5) is 5.14. The Balaban J connectivity index is 1.65. The van der Waals surface area contributed by atoms with Crippen molar-refractivity contribution in [3.63, 3.8) is 0 Å². The standard InChI is InChI=1S/C16H30N4/c1-3-7-18-16(2,14-17)6-8-19-9-11-20(12-10-19)13-15-4-5-15/h15,18H,3-13H2,1-2H3. The largest absolute Gasteiger partial charge is 0.301 e. The molecule has 0 aromatic heterocycles. The van der Waals surface area contributed by atoms with Crippen LogP contribution in [0.15, 0.2) is 0 Å². The van der Waals surface area contributed by atoms with Crippen LogP contribution in [-0.4, -0.2) is 61.2 Å². The second-order valence-corrected chi connectivity index (χ2v) is 6.71. The van der Waals surface area contributed by atoms with Crippen LogP contribution in [0.3, 0.4) is 0 Å². The van der Waals surface area contributed by atoms with Crippen LogP contribution in [0.5, 0.6) is 0 Å². The van der Waals surface area contributed by atoms with Gasteiger partial charge in [-0.3, -0.25) is 5.32 Å². The van der Waals surface area contributed by atoms with Crippen molar-refractivity contribution in [2.45, 2.75) is 45.1 Å². The van der Waals surface area contributed by atoms with E-state index in [1.807, 2.05) is 6.92 Å². The molecule has 2 aliphatic rings. The Bertz CT molecular complexity index is 326. The molecule has 1 saturated heterocycles. The van der Waals surface area contributed by atoms with Crippen molar-refractivity contribution in [2.75, 3.05) is 45.8 Å². The highest BCUT2D eigenvalue weighted by atomic mass is 15.3. The van der Waals surface area contributed by atoms with Crippen LogP contribution in [0.1, 0.15) is 39.5 Å². The lowest BCUT2D eigenvalue weighted by Crippen LogP contribution is -2.49. The first-order valence-electron chi connectivity index (χ1n) is 8.26. The third-order valence-corrected chi connectivity index (χ3v) is 4.62. The Hall–Kier alpha value is -0.630. The molecule has 4 nitrogen and oxygen atoms in total. The normalized spacial score (nSPS) is 24.2. The molecule has 0 aromatic rings. The second kappa shape index (κ2) is 7.40. The van der Waals surface area contributed by atoms with Crippen LogP contribution < -0.4 is 5.32 Å². The second-order valence-electron chi connectivity index (χ2n) is 6.71. The summed E-state index contributed by atoms with van der Waals surface area (Å²) in [6, 6.07) is 2.45. The van der Waals surface area contributed by atoms with Crippen LogP contribution in [0.4, 0.5) is 0 Å². The van der Waals surface area contributed by atoms with E-state index in [0.717, 1.165) is 31.8 Å². The zero-order chi connectivity index (χ0) is 14.4. The molecule has 2 fully saturated rings. The molecule has 0 bridgehead atoms. The molecule has 1 aliphatic carbocycles. The summed E-state index contributed by atoms with van der Waals surface area (Å²) in [7, 11) is 0. The van der Waals surface area contributed by atoms with Gasteiger partial charge < -0.3 is 9.80 Å². The Labute approximate surface area is 124 Å². The Morgan fingerprint density at radius 3 is 2.40 bits per heavy atom. The van der Waals surface area contributed by atoms with E-state index >= 15 is 0 Å². The molecule has 1 heterocycles. The van der Waals surface area contributed by atoms with Crippen LogP contribution in [0.25, 0.3) is 0 Å². The number of piperazine rings is 1. The van der Waals surface area contributed by atoms with Crippen LogP contribution in [-0.2, 0) is 0 Å². The van der Waals surface area contributed by atoms with E-state index in [0.29, 0.717) is 0 Å². The summed E-state index contributed by atoms with van der Waals surface area (Å²) in [5.74, 6) is 1.00. The third-order valence-electron chi connectivity index (χ3n) is 4.62. The van der Waals surface area contributed by atoms with Crippen molar-refractivity contribution in [3.8, 4) is 6.07 Å². The average Bonchev–Trinajstić information content (AvgIpc) is 3.28. The van der Waals surface area contributed by atoms with Gasteiger partial charge in [0.1, 0.15) is 5.54 Å². The van der Waals surface area contributed by atoms with Gasteiger partial charge in [0.25, 0.3) is 0 Å². The number of hydrogen-bond donors (Lipinski definition) is 1. The van der Waals surface area contributed by atoms with Crippen molar-refractivity contribution in [3.05, 3.63) is 0 Å². The summed E-state index contributed by atoms with van der Waals surface area (Å²) in [6.07, 6.45) is 4.90. The zero-order valence-corrected chi connectivity index (χ0v) is 13.2. The summed E-state index contributed by atoms with van der Waals surface area (Å²) in [5.41, 5.74) is -0.360. The lowest BCUT2D eigenvalue weighted by atomic mass is 9.99. The van der Waals surface area contributed by atoms with Crippen molar-refractivity contribution in [2.24, 2.45) is 5.92 Å². The van der Waals surface area contributed by atoms with Gasteiger partial charge in [0, 0.05) is 39.3 Å². The van der Waals surface area contributed by atoms with Gasteiger partial charge in [-0.2, -0.15) is 5.26 Å². The van der Waals surface area contributed by atoms with Crippen LogP contribution in [0, 0.1) is 17.2 Å². The topological polar surface area (TPSA) is 42.3 Å². The lowest BCUT2D eigenvalue weighted by Gasteiger charge is -2.36. The predicted molar refractivity (Wildman–Crippen MR) is 82.5 cm³/mol. The zero-order valence-electron chi connectivity index (χ0n) is 13.2. The lowest BCUT2D eigenvalue weighted by molar-refractivity contribution is 0.122. The molecule has 0 amide bonds. The van der Waals surface area contributed by atoms with E-state index < -0.39 is 0 Å². The summed E-state index contributed by atoms with van der Waals surface area (Å²) >= 11 is 0. The number of hydrogen-bond acceptors (Lipinski definition) is 4. The Morgan fingerprint density at radius 1 is 1.20 bits per heavy atom. The van der Waals surface area contributed by atoms with E-state index in [1.165, 1.54) is 45.6 Å². The summed E-state index contributed by atoms with van der Waals surface area (Å²) < 4.78 is 0. The highest BCUT2D eigenvalue weighted by Crippen LogP contribution is 2.29. The van der Waals surface area contributed by atoms with Crippen LogP contribution in [0.2, 0.25) is 0 Å². The smallest absolute Gasteiger partial charge is 0.105 e. The molecular weight excluding hydrogens is 248 g/mol. The minimum absolute atomic E-state index is 0.360. The molecule has 1 aliphatic heterocycles. The fraction of sp³-hybridized carbons (Fsp3) is 0.938. The monoisotopic (exact) mass is 278 g/mol. The number of nitriles is 1. The summed E-state index contributed by atoms with van der Waals surface area (Å²) in [6.45, 7) is 12.2. The maximum absolute atomic E-state index is 9.35. The SMILES string of the molecule is CCCNC(C)(C#N)CCN1CCN(CC2CC2)CC1.